The van der Waals surface area contributed by atoms with Gasteiger partial charge in [-0.3, -0.25) is 4.98 Å². The lowest BCUT2D eigenvalue weighted by atomic mass is 10.2. The smallest absolute Gasteiger partial charge is 0.271 e. The second-order valence-electron chi connectivity index (χ2n) is 2.29. The molecule has 0 radical (unpaired) electrons. The Morgan fingerprint density at radius 1 is 1.42 bits per heavy atom. The Morgan fingerprint density at radius 2 is 2.00 bits per heavy atom. The van der Waals surface area contributed by atoms with E-state index in [-0.39, 0.29) is 5.69 Å². The lowest BCUT2D eigenvalue weighted by molar-refractivity contribution is 0.143. The Morgan fingerprint density at radius 3 is 2.42 bits per heavy atom. The van der Waals surface area contributed by atoms with Crippen molar-refractivity contribution in [1.29, 1.82) is 0 Å². The van der Waals surface area contributed by atoms with Gasteiger partial charge in [-0.2, -0.15) is 0 Å². The highest BCUT2D eigenvalue weighted by Crippen LogP contribution is 2.36. The lowest BCUT2D eigenvalue weighted by Crippen LogP contribution is -1.91. The molecule has 0 spiro atoms. The molecular weight excluding hydrogens is 168 g/mol. The molecule has 0 aliphatic rings. The molecule has 0 aliphatic heterocycles. The van der Waals surface area contributed by atoms with Gasteiger partial charge in [0.05, 0.1) is 11.9 Å². The summed E-state index contributed by atoms with van der Waals surface area (Å²) >= 11 is 0. The number of hydrogen-bond donors (Lipinski definition) is 2. The first kappa shape index (κ1) is 8.70. The van der Waals surface area contributed by atoms with Gasteiger partial charge < -0.3 is 10.2 Å². The summed E-state index contributed by atoms with van der Waals surface area (Å²) < 4.78 is 24.2. The van der Waals surface area contributed by atoms with E-state index in [4.69, 9.17) is 10.2 Å². The van der Waals surface area contributed by atoms with Gasteiger partial charge >= 0.3 is 0 Å². The van der Waals surface area contributed by atoms with Crippen molar-refractivity contribution >= 4 is 0 Å². The summed E-state index contributed by atoms with van der Waals surface area (Å²) in [5.74, 6) is -1.34. The van der Waals surface area contributed by atoms with Crippen LogP contribution >= 0.6 is 0 Å². The van der Waals surface area contributed by atoms with Crippen LogP contribution in [0, 0.1) is 6.92 Å². The van der Waals surface area contributed by atoms with E-state index in [0.717, 1.165) is 6.20 Å². The standard InChI is InChI=1S/C7H7F2NO2/c1-3-6(12)5(7(8)9)4(11)2-10-3/h2,7,11-12H,1H3. The van der Waals surface area contributed by atoms with Crippen molar-refractivity contribution in [1.82, 2.24) is 4.98 Å². The van der Waals surface area contributed by atoms with Gasteiger partial charge in [-0.1, -0.05) is 0 Å². The first-order chi connectivity index (χ1) is 5.54. The largest absolute Gasteiger partial charge is 0.506 e. The van der Waals surface area contributed by atoms with Crippen molar-refractivity contribution in [2.75, 3.05) is 0 Å². The molecule has 0 aliphatic carbocycles. The number of alkyl halides is 2. The van der Waals surface area contributed by atoms with Crippen molar-refractivity contribution in [2.24, 2.45) is 0 Å². The van der Waals surface area contributed by atoms with E-state index in [2.05, 4.69) is 4.98 Å². The Hall–Kier alpha value is -1.39. The molecule has 0 unspecified atom stereocenters. The maximum Gasteiger partial charge on any atom is 0.271 e. The average molecular weight is 175 g/mol. The van der Waals surface area contributed by atoms with E-state index in [9.17, 15) is 8.78 Å². The number of hydrogen-bond acceptors (Lipinski definition) is 3. The van der Waals surface area contributed by atoms with Crippen LogP contribution in [0.5, 0.6) is 11.5 Å². The summed E-state index contributed by atoms with van der Waals surface area (Å²) in [5, 5.41) is 17.9. The number of halogens is 2. The molecule has 3 nitrogen and oxygen atoms in total. The van der Waals surface area contributed by atoms with Crippen molar-refractivity contribution in [3.05, 3.63) is 17.5 Å². The highest BCUT2D eigenvalue weighted by Gasteiger charge is 2.19. The lowest BCUT2D eigenvalue weighted by Gasteiger charge is -2.06. The molecule has 1 aromatic heterocycles. The Kier molecular flexibility index (Phi) is 2.12. The summed E-state index contributed by atoms with van der Waals surface area (Å²) in [6.07, 6.45) is -2.01. The van der Waals surface area contributed by atoms with E-state index >= 15 is 0 Å². The molecule has 0 saturated carbocycles. The fourth-order valence-electron chi connectivity index (χ4n) is 0.820. The number of aryl methyl sites for hydroxylation is 1. The van der Waals surface area contributed by atoms with Crippen LogP contribution in [0.4, 0.5) is 8.78 Å². The second-order valence-corrected chi connectivity index (χ2v) is 2.29. The summed E-state index contributed by atoms with van der Waals surface area (Å²) in [5.41, 5.74) is -0.689. The van der Waals surface area contributed by atoms with Gasteiger partial charge in [0.2, 0.25) is 0 Å². The Labute approximate surface area is 67.3 Å². The zero-order chi connectivity index (χ0) is 9.30. The van der Waals surface area contributed by atoms with Crippen molar-refractivity contribution in [3.63, 3.8) is 0 Å². The molecular formula is C7H7F2NO2. The normalized spacial score (nSPS) is 10.7. The monoisotopic (exact) mass is 175 g/mol. The zero-order valence-electron chi connectivity index (χ0n) is 6.25. The van der Waals surface area contributed by atoms with Gasteiger partial charge in [0.25, 0.3) is 6.43 Å². The maximum absolute atomic E-state index is 12.1. The summed E-state index contributed by atoms with van der Waals surface area (Å²) in [6, 6.07) is 0. The molecule has 0 aromatic carbocycles. The van der Waals surface area contributed by atoms with Gasteiger partial charge in [0.1, 0.15) is 17.1 Å². The van der Waals surface area contributed by atoms with E-state index in [1.807, 2.05) is 0 Å². The highest BCUT2D eigenvalue weighted by atomic mass is 19.3. The molecule has 0 fully saturated rings. The van der Waals surface area contributed by atoms with Crippen LogP contribution in [0.2, 0.25) is 0 Å². The maximum atomic E-state index is 12.1. The molecule has 0 bridgehead atoms. The molecule has 1 rings (SSSR count). The van der Waals surface area contributed by atoms with Crippen LogP contribution in [0.25, 0.3) is 0 Å². The minimum atomic E-state index is -2.90. The molecule has 66 valence electrons. The third-order valence-corrected chi connectivity index (χ3v) is 1.47. The predicted octanol–water partition coefficient (Wildman–Crippen LogP) is 1.74. The quantitative estimate of drug-likeness (QED) is 0.683. The van der Waals surface area contributed by atoms with Crippen LogP contribution in [-0.4, -0.2) is 15.2 Å². The van der Waals surface area contributed by atoms with Crippen LogP contribution in [-0.2, 0) is 0 Å². The molecule has 0 atom stereocenters. The summed E-state index contributed by atoms with van der Waals surface area (Å²) in [6.45, 7) is 1.38. The third kappa shape index (κ3) is 1.30. The molecule has 0 saturated heterocycles. The van der Waals surface area contributed by atoms with Gasteiger partial charge in [0, 0.05) is 0 Å². The number of aromatic nitrogens is 1. The number of pyridine rings is 1. The van der Waals surface area contributed by atoms with Gasteiger partial charge in [-0.15, -0.1) is 0 Å². The molecule has 0 amide bonds. The average Bonchev–Trinajstić information content (AvgIpc) is 1.97. The van der Waals surface area contributed by atoms with E-state index < -0.39 is 23.5 Å². The predicted molar refractivity (Wildman–Crippen MR) is 37.3 cm³/mol. The van der Waals surface area contributed by atoms with E-state index in [1.165, 1.54) is 6.92 Å². The Balaban J connectivity index is 3.33. The van der Waals surface area contributed by atoms with Gasteiger partial charge in [-0.05, 0) is 6.92 Å². The minimum absolute atomic E-state index is 0.0723. The minimum Gasteiger partial charge on any atom is -0.506 e. The number of aromatic hydroxyl groups is 2. The van der Waals surface area contributed by atoms with Crippen molar-refractivity contribution in [2.45, 2.75) is 13.3 Å². The van der Waals surface area contributed by atoms with Crippen LogP contribution < -0.4 is 0 Å². The fourth-order valence-corrected chi connectivity index (χ4v) is 0.820. The van der Waals surface area contributed by atoms with Crippen molar-refractivity contribution in [3.8, 4) is 11.5 Å². The first-order valence-corrected chi connectivity index (χ1v) is 3.19. The van der Waals surface area contributed by atoms with Gasteiger partial charge in [-0.25, -0.2) is 8.78 Å². The highest BCUT2D eigenvalue weighted by molar-refractivity contribution is 5.44. The molecule has 2 N–H and O–H groups in total. The molecule has 5 heteroatoms. The molecule has 1 aromatic rings. The second kappa shape index (κ2) is 2.92. The fraction of sp³-hybridized carbons (Fsp3) is 0.286. The summed E-state index contributed by atoms with van der Waals surface area (Å²) in [7, 11) is 0. The Bertz CT molecular complexity index is 302. The van der Waals surface area contributed by atoms with Crippen LogP contribution in [0.15, 0.2) is 6.20 Å². The number of nitrogens with zero attached hydrogens (tertiary/aromatic N) is 1. The molecule has 1 heterocycles. The van der Waals surface area contributed by atoms with E-state index in [1.54, 1.807) is 0 Å². The van der Waals surface area contributed by atoms with Crippen LogP contribution in [0.1, 0.15) is 17.7 Å². The topological polar surface area (TPSA) is 53.4 Å². The van der Waals surface area contributed by atoms with Crippen LogP contribution in [0.3, 0.4) is 0 Å². The number of rotatable bonds is 1. The zero-order valence-corrected chi connectivity index (χ0v) is 6.25. The summed E-state index contributed by atoms with van der Waals surface area (Å²) in [4.78, 5) is 3.49. The first-order valence-electron chi connectivity index (χ1n) is 3.19. The van der Waals surface area contributed by atoms with Gasteiger partial charge in [0.15, 0.2) is 0 Å². The van der Waals surface area contributed by atoms with Crippen molar-refractivity contribution < 1.29 is 19.0 Å². The van der Waals surface area contributed by atoms with E-state index in [0.29, 0.717) is 0 Å². The SMILES string of the molecule is Cc1ncc(O)c(C(F)F)c1O. The molecule has 12 heavy (non-hydrogen) atoms. The third-order valence-electron chi connectivity index (χ3n) is 1.47.